The van der Waals surface area contributed by atoms with Crippen LogP contribution in [-0.2, 0) is 16.1 Å². The first-order valence-corrected chi connectivity index (χ1v) is 11.2. The van der Waals surface area contributed by atoms with Gasteiger partial charge < -0.3 is 10.2 Å². The lowest BCUT2D eigenvalue weighted by Gasteiger charge is -2.39. The van der Waals surface area contributed by atoms with E-state index < -0.39 is 17.6 Å². The summed E-state index contributed by atoms with van der Waals surface area (Å²) < 4.78 is 15.7. The van der Waals surface area contributed by atoms with Crippen molar-refractivity contribution in [1.82, 2.24) is 20.7 Å². The van der Waals surface area contributed by atoms with Crippen LogP contribution in [0.15, 0.2) is 48.1 Å². The second-order valence-electron chi connectivity index (χ2n) is 9.03. The van der Waals surface area contributed by atoms with E-state index in [-0.39, 0.29) is 24.0 Å². The Morgan fingerprint density at radius 3 is 2.78 bits per heavy atom. The third-order valence-electron chi connectivity index (χ3n) is 6.65. The molecule has 1 aromatic carbocycles. The zero-order valence-corrected chi connectivity index (χ0v) is 17.9. The number of hydrazine groups is 1. The second-order valence-corrected chi connectivity index (χ2v) is 9.03. The Balaban J connectivity index is 1.24. The van der Waals surface area contributed by atoms with Gasteiger partial charge in [-0.1, -0.05) is 30.4 Å². The van der Waals surface area contributed by atoms with Crippen LogP contribution in [-0.4, -0.2) is 65.4 Å². The van der Waals surface area contributed by atoms with Crippen molar-refractivity contribution in [2.75, 3.05) is 26.2 Å². The van der Waals surface area contributed by atoms with Crippen LogP contribution in [0.1, 0.15) is 35.2 Å². The van der Waals surface area contributed by atoms with Crippen LogP contribution in [0.4, 0.5) is 4.39 Å². The summed E-state index contributed by atoms with van der Waals surface area (Å²) in [6.45, 7) is 2.24. The molecule has 7 nitrogen and oxygen atoms in total. The number of Topliss-reactive ketones (excluding diaryl/α,β-unsaturated/α-hetero) is 1. The van der Waals surface area contributed by atoms with Crippen LogP contribution in [0, 0.1) is 5.92 Å². The summed E-state index contributed by atoms with van der Waals surface area (Å²) in [7, 11) is 0. The molecule has 8 heteroatoms. The number of carbonyl (C=O) groups excluding carboxylic acids is 3. The van der Waals surface area contributed by atoms with Crippen molar-refractivity contribution in [2.45, 2.75) is 37.5 Å². The fraction of sp³-hybridized carbons (Fsp3) is 0.458. The Morgan fingerprint density at radius 2 is 2.03 bits per heavy atom. The standard InChI is InChI=1S/C24H27FN4O3/c25-24(23(32)29-12-11-26-13-20(29)21(30)17-5-6-17)9-7-16(8-10-24)14-28-15-18-3-1-2-4-19(18)22(31)27-28/h1-4,7-9,17,20,26H,5-6,10-15H2,(H,27,31). The molecule has 2 fully saturated rings. The van der Waals surface area contributed by atoms with Crippen molar-refractivity contribution in [1.29, 1.82) is 0 Å². The quantitative estimate of drug-likeness (QED) is 0.729. The fourth-order valence-electron chi connectivity index (χ4n) is 4.66. The number of nitrogens with zero attached hydrogens (tertiary/aromatic N) is 2. The molecule has 4 aliphatic rings. The number of amides is 2. The first kappa shape index (κ1) is 21.0. The Morgan fingerprint density at radius 1 is 1.22 bits per heavy atom. The van der Waals surface area contributed by atoms with Crippen LogP contribution in [0.2, 0.25) is 0 Å². The maximum Gasteiger partial charge on any atom is 0.265 e. The van der Waals surface area contributed by atoms with Gasteiger partial charge in [0.25, 0.3) is 11.8 Å². The van der Waals surface area contributed by atoms with E-state index in [0.717, 1.165) is 24.0 Å². The van der Waals surface area contributed by atoms with Crippen molar-refractivity contribution < 1.29 is 18.8 Å². The van der Waals surface area contributed by atoms with Gasteiger partial charge in [0.15, 0.2) is 5.78 Å². The molecular weight excluding hydrogens is 411 g/mol. The van der Waals surface area contributed by atoms with Crippen LogP contribution in [0.5, 0.6) is 0 Å². The van der Waals surface area contributed by atoms with E-state index in [1.807, 2.05) is 18.2 Å². The fourth-order valence-corrected chi connectivity index (χ4v) is 4.66. The molecule has 1 saturated heterocycles. The summed E-state index contributed by atoms with van der Waals surface area (Å²) in [5.74, 6) is -0.729. The summed E-state index contributed by atoms with van der Waals surface area (Å²) in [6, 6.07) is 6.86. The van der Waals surface area contributed by atoms with Gasteiger partial charge in [-0.3, -0.25) is 19.8 Å². The van der Waals surface area contributed by atoms with Crippen LogP contribution < -0.4 is 10.7 Å². The molecule has 2 heterocycles. The van der Waals surface area contributed by atoms with Gasteiger partial charge in [-0.2, -0.15) is 0 Å². The topological polar surface area (TPSA) is 81.8 Å². The van der Waals surface area contributed by atoms with E-state index in [2.05, 4.69) is 10.7 Å². The van der Waals surface area contributed by atoms with Gasteiger partial charge in [0, 0.05) is 50.6 Å². The summed E-state index contributed by atoms with van der Waals surface area (Å²) >= 11 is 0. The first-order valence-electron chi connectivity index (χ1n) is 11.2. The SMILES string of the molecule is O=C1NN(CC2=CCC(F)(C(=O)N3CCNCC3C(=O)C3CC3)C=C2)Cc2ccccc21. The number of hydrogen-bond donors (Lipinski definition) is 2. The molecule has 2 amide bonds. The van der Waals surface area contributed by atoms with Crippen LogP contribution in [0.3, 0.4) is 0 Å². The van der Waals surface area contributed by atoms with E-state index in [9.17, 15) is 14.4 Å². The molecular formula is C24H27FN4O3. The number of hydrogen-bond acceptors (Lipinski definition) is 5. The van der Waals surface area contributed by atoms with E-state index in [1.54, 1.807) is 23.2 Å². The zero-order valence-electron chi connectivity index (χ0n) is 17.9. The monoisotopic (exact) mass is 438 g/mol. The molecule has 0 aromatic heterocycles. The lowest BCUT2D eigenvalue weighted by molar-refractivity contribution is -0.148. The highest BCUT2D eigenvalue weighted by atomic mass is 19.1. The molecule has 0 bridgehead atoms. The zero-order chi connectivity index (χ0) is 22.3. The van der Waals surface area contributed by atoms with Crippen LogP contribution >= 0.6 is 0 Å². The highest BCUT2D eigenvalue weighted by Crippen LogP contribution is 2.34. The largest absolute Gasteiger partial charge is 0.327 e. The number of nitrogens with one attached hydrogen (secondary N) is 2. The number of ketones is 1. The molecule has 32 heavy (non-hydrogen) atoms. The number of benzene rings is 1. The Hall–Kier alpha value is -2.84. The van der Waals surface area contributed by atoms with Gasteiger partial charge in [-0.25, -0.2) is 9.40 Å². The molecule has 2 N–H and O–H groups in total. The first-order chi connectivity index (χ1) is 15.4. The molecule has 1 aromatic rings. The third kappa shape index (κ3) is 4.00. The molecule has 2 aliphatic heterocycles. The molecule has 5 rings (SSSR count). The highest BCUT2D eigenvalue weighted by Gasteiger charge is 2.46. The van der Waals surface area contributed by atoms with Crippen molar-refractivity contribution in [2.24, 2.45) is 5.92 Å². The number of halogens is 1. The molecule has 0 spiro atoms. The van der Waals surface area contributed by atoms with Gasteiger partial charge in [0.1, 0.15) is 6.04 Å². The smallest absolute Gasteiger partial charge is 0.265 e. The van der Waals surface area contributed by atoms with E-state index in [0.29, 0.717) is 38.3 Å². The van der Waals surface area contributed by atoms with Crippen LogP contribution in [0.25, 0.3) is 0 Å². The van der Waals surface area contributed by atoms with Gasteiger partial charge in [0.2, 0.25) is 5.67 Å². The average Bonchev–Trinajstić information content (AvgIpc) is 3.65. The van der Waals surface area contributed by atoms with Crippen molar-refractivity contribution in [3.05, 3.63) is 59.2 Å². The van der Waals surface area contributed by atoms with Crippen molar-refractivity contribution in [3.63, 3.8) is 0 Å². The lowest BCUT2D eigenvalue weighted by atomic mass is 9.90. The highest BCUT2D eigenvalue weighted by molar-refractivity contribution is 5.96. The Kier molecular flexibility index (Phi) is 5.43. The molecule has 0 radical (unpaired) electrons. The number of carbonyl (C=O) groups is 3. The molecule has 168 valence electrons. The Labute approximate surface area is 186 Å². The van der Waals surface area contributed by atoms with E-state index in [1.165, 1.54) is 11.0 Å². The minimum atomic E-state index is -2.15. The predicted molar refractivity (Wildman–Crippen MR) is 116 cm³/mol. The lowest BCUT2D eigenvalue weighted by Crippen LogP contribution is -2.61. The van der Waals surface area contributed by atoms with Crippen molar-refractivity contribution in [3.8, 4) is 0 Å². The number of alkyl halides is 1. The van der Waals surface area contributed by atoms with Gasteiger partial charge in [-0.05, 0) is 36.1 Å². The van der Waals surface area contributed by atoms with Gasteiger partial charge in [-0.15, -0.1) is 0 Å². The molecule has 1 saturated carbocycles. The number of piperazine rings is 1. The molecule has 2 unspecified atom stereocenters. The summed E-state index contributed by atoms with van der Waals surface area (Å²) in [5.41, 5.74) is 3.14. The maximum atomic E-state index is 15.7. The number of fused-ring (bicyclic) bond motifs is 1. The average molecular weight is 439 g/mol. The number of allylic oxidation sites excluding steroid dienone is 1. The molecule has 2 aliphatic carbocycles. The van der Waals surface area contributed by atoms with Gasteiger partial charge >= 0.3 is 0 Å². The number of rotatable bonds is 5. The van der Waals surface area contributed by atoms with Gasteiger partial charge in [0.05, 0.1) is 0 Å². The normalized spacial score (nSPS) is 28.0. The Bertz CT molecular complexity index is 1020. The van der Waals surface area contributed by atoms with E-state index in [4.69, 9.17) is 0 Å². The maximum absolute atomic E-state index is 15.7. The van der Waals surface area contributed by atoms with Crippen molar-refractivity contribution >= 4 is 17.6 Å². The predicted octanol–water partition coefficient (Wildman–Crippen LogP) is 1.52. The van der Waals surface area contributed by atoms with E-state index >= 15 is 4.39 Å². The summed E-state index contributed by atoms with van der Waals surface area (Å²) in [4.78, 5) is 39.5. The molecule has 2 atom stereocenters. The minimum absolute atomic E-state index is 0.0176. The third-order valence-corrected chi connectivity index (χ3v) is 6.65. The summed E-state index contributed by atoms with van der Waals surface area (Å²) in [6.07, 6.45) is 6.29. The summed E-state index contributed by atoms with van der Waals surface area (Å²) in [5, 5.41) is 4.94. The minimum Gasteiger partial charge on any atom is -0.327 e. The second kappa shape index (κ2) is 8.26.